The molecule has 84 valence electrons. The number of alkyl halides is 1. The van der Waals surface area contributed by atoms with Gasteiger partial charge in [-0.15, -0.1) is 11.6 Å². The van der Waals surface area contributed by atoms with Gasteiger partial charge in [0.15, 0.2) is 0 Å². The molecule has 1 aliphatic carbocycles. The Kier molecular flexibility index (Phi) is 5.93. The summed E-state index contributed by atoms with van der Waals surface area (Å²) in [5.41, 5.74) is 0. The Bertz CT molecular complexity index is 134. The molecule has 0 amide bonds. The van der Waals surface area contributed by atoms with Crippen LogP contribution in [-0.2, 0) is 0 Å². The average Bonchev–Trinajstić information content (AvgIpc) is 2.41. The van der Waals surface area contributed by atoms with Crippen LogP contribution >= 0.6 is 11.6 Å². The van der Waals surface area contributed by atoms with E-state index in [0.717, 1.165) is 23.6 Å². The molecule has 1 unspecified atom stereocenters. The molecule has 0 saturated heterocycles. The fraction of sp³-hybridized carbons (Fsp3) is 1.00. The summed E-state index contributed by atoms with van der Waals surface area (Å²) in [5.74, 6) is 3.40. The highest BCUT2D eigenvalue weighted by Gasteiger charge is 2.22. The molecular formula is C13H25Cl. The van der Waals surface area contributed by atoms with E-state index in [2.05, 4.69) is 13.8 Å². The molecule has 0 radical (unpaired) electrons. The van der Waals surface area contributed by atoms with Gasteiger partial charge in [0.05, 0.1) is 0 Å². The van der Waals surface area contributed by atoms with E-state index >= 15 is 0 Å². The van der Waals surface area contributed by atoms with Crippen LogP contribution in [0.3, 0.4) is 0 Å². The molecule has 0 heterocycles. The normalized spacial score (nSPS) is 22.3. The minimum atomic E-state index is 0.787. The van der Waals surface area contributed by atoms with E-state index in [1.165, 1.54) is 44.9 Å². The topological polar surface area (TPSA) is 0 Å². The zero-order chi connectivity index (χ0) is 10.4. The Morgan fingerprint density at radius 3 is 2.07 bits per heavy atom. The Hall–Kier alpha value is 0.290. The first-order valence-electron chi connectivity index (χ1n) is 6.30. The lowest BCUT2D eigenvalue weighted by Crippen LogP contribution is -2.18. The Morgan fingerprint density at radius 1 is 1.07 bits per heavy atom. The van der Waals surface area contributed by atoms with Crippen LogP contribution in [0.5, 0.6) is 0 Å². The van der Waals surface area contributed by atoms with E-state index in [1.54, 1.807) is 0 Å². The van der Waals surface area contributed by atoms with E-state index in [4.69, 9.17) is 11.6 Å². The highest BCUT2D eigenvalue weighted by Crippen LogP contribution is 2.33. The molecule has 0 aromatic carbocycles. The summed E-state index contributed by atoms with van der Waals surface area (Å²) in [4.78, 5) is 0. The summed E-state index contributed by atoms with van der Waals surface area (Å²) in [7, 11) is 0. The summed E-state index contributed by atoms with van der Waals surface area (Å²) < 4.78 is 0. The quantitative estimate of drug-likeness (QED) is 0.465. The van der Waals surface area contributed by atoms with Gasteiger partial charge in [0, 0.05) is 5.88 Å². The molecule has 0 nitrogen and oxygen atoms in total. The van der Waals surface area contributed by atoms with Crippen LogP contribution in [0.15, 0.2) is 0 Å². The lowest BCUT2D eigenvalue weighted by Gasteiger charge is -2.25. The number of halogens is 1. The highest BCUT2D eigenvalue weighted by atomic mass is 35.5. The number of hydrogen-bond acceptors (Lipinski definition) is 0. The van der Waals surface area contributed by atoms with Crippen LogP contribution in [0.25, 0.3) is 0 Å². The zero-order valence-corrected chi connectivity index (χ0v) is 10.5. The van der Waals surface area contributed by atoms with E-state index in [9.17, 15) is 0 Å². The third kappa shape index (κ3) is 4.21. The van der Waals surface area contributed by atoms with Gasteiger partial charge in [0.1, 0.15) is 0 Å². The number of rotatable bonds is 4. The van der Waals surface area contributed by atoms with Crippen LogP contribution in [0.1, 0.15) is 58.8 Å². The second kappa shape index (κ2) is 6.71. The van der Waals surface area contributed by atoms with Gasteiger partial charge in [-0.3, -0.25) is 0 Å². The molecular weight excluding hydrogens is 192 g/mol. The van der Waals surface area contributed by atoms with Crippen molar-refractivity contribution in [2.75, 3.05) is 5.88 Å². The molecule has 0 spiro atoms. The Labute approximate surface area is 94.4 Å². The average molecular weight is 217 g/mol. The molecule has 1 saturated carbocycles. The maximum atomic E-state index is 6.10. The molecule has 1 aliphatic rings. The summed E-state index contributed by atoms with van der Waals surface area (Å²) >= 11 is 6.10. The molecule has 1 rings (SSSR count). The second-order valence-corrected chi connectivity index (χ2v) is 5.60. The van der Waals surface area contributed by atoms with Crippen LogP contribution in [0.2, 0.25) is 0 Å². The molecule has 1 heteroatoms. The Balaban J connectivity index is 2.40. The molecule has 14 heavy (non-hydrogen) atoms. The van der Waals surface area contributed by atoms with Gasteiger partial charge in [-0.05, 0) is 24.2 Å². The minimum Gasteiger partial charge on any atom is -0.126 e. The van der Waals surface area contributed by atoms with Crippen molar-refractivity contribution in [1.29, 1.82) is 0 Å². The molecule has 0 N–H and O–H groups in total. The third-order valence-electron chi connectivity index (χ3n) is 3.54. The van der Waals surface area contributed by atoms with Crippen LogP contribution in [0.4, 0.5) is 0 Å². The summed E-state index contributed by atoms with van der Waals surface area (Å²) in [5, 5.41) is 0. The predicted octanol–water partition coefficient (Wildman–Crippen LogP) is 4.86. The fourth-order valence-corrected chi connectivity index (χ4v) is 3.15. The van der Waals surface area contributed by atoms with Gasteiger partial charge >= 0.3 is 0 Å². The van der Waals surface area contributed by atoms with Crippen molar-refractivity contribution >= 4 is 11.6 Å². The first-order chi connectivity index (χ1) is 6.74. The minimum absolute atomic E-state index is 0.787. The molecule has 1 fully saturated rings. The van der Waals surface area contributed by atoms with Crippen molar-refractivity contribution in [2.24, 2.45) is 17.8 Å². The summed E-state index contributed by atoms with van der Waals surface area (Å²) in [6.45, 7) is 4.63. The lowest BCUT2D eigenvalue weighted by molar-refractivity contribution is 0.279. The van der Waals surface area contributed by atoms with Crippen molar-refractivity contribution in [1.82, 2.24) is 0 Å². The predicted molar refractivity (Wildman–Crippen MR) is 64.9 cm³/mol. The van der Waals surface area contributed by atoms with Crippen LogP contribution < -0.4 is 0 Å². The number of hydrogen-bond donors (Lipinski definition) is 0. The lowest BCUT2D eigenvalue weighted by atomic mass is 9.82. The highest BCUT2D eigenvalue weighted by molar-refractivity contribution is 6.18. The SMILES string of the molecule is CC(C)CC(CCl)C1CCCCCC1. The largest absolute Gasteiger partial charge is 0.126 e. The van der Waals surface area contributed by atoms with Crippen molar-refractivity contribution in [3.05, 3.63) is 0 Å². The van der Waals surface area contributed by atoms with Crippen molar-refractivity contribution in [2.45, 2.75) is 58.8 Å². The van der Waals surface area contributed by atoms with Gasteiger partial charge in [-0.25, -0.2) is 0 Å². The van der Waals surface area contributed by atoms with Crippen LogP contribution in [-0.4, -0.2) is 5.88 Å². The van der Waals surface area contributed by atoms with E-state index in [-0.39, 0.29) is 0 Å². The molecule has 0 aromatic heterocycles. The van der Waals surface area contributed by atoms with E-state index in [0.29, 0.717) is 0 Å². The van der Waals surface area contributed by atoms with Crippen molar-refractivity contribution in [3.8, 4) is 0 Å². The second-order valence-electron chi connectivity index (χ2n) is 5.30. The fourth-order valence-electron chi connectivity index (χ4n) is 2.77. The van der Waals surface area contributed by atoms with E-state index in [1.807, 2.05) is 0 Å². The Morgan fingerprint density at radius 2 is 1.64 bits per heavy atom. The van der Waals surface area contributed by atoms with Gasteiger partial charge in [-0.1, -0.05) is 52.4 Å². The first-order valence-corrected chi connectivity index (χ1v) is 6.83. The summed E-state index contributed by atoms with van der Waals surface area (Å²) in [6, 6.07) is 0. The molecule has 0 bridgehead atoms. The zero-order valence-electron chi connectivity index (χ0n) is 9.77. The van der Waals surface area contributed by atoms with Crippen LogP contribution in [0, 0.1) is 17.8 Å². The maximum Gasteiger partial charge on any atom is 0.0254 e. The van der Waals surface area contributed by atoms with Crippen molar-refractivity contribution < 1.29 is 0 Å². The smallest absolute Gasteiger partial charge is 0.0254 e. The van der Waals surface area contributed by atoms with Gasteiger partial charge in [0.2, 0.25) is 0 Å². The standard InChI is InChI=1S/C13H25Cl/c1-11(2)9-13(10-14)12-7-5-3-4-6-8-12/h11-13H,3-10H2,1-2H3. The van der Waals surface area contributed by atoms with Crippen molar-refractivity contribution in [3.63, 3.8) is 0 Å². The maximum absolute atomic E-state index is 6.10. The molecule has 0 aromatic rings. The van der Waals surface area contributed by atoms with Gasteiger partial charge in [0.25, 0.3) is 0 Å². The monoisotopic (exact) mass is 216 g/mol. The third-order valence-corrected chi connectivity index (χ3v) is 3.94. The first kappa shape index (κ1) is 12.4. The van der Waals surface area contributed by atoms with E-state index < -0.39 is 0 Å². The van der Waals surface area contributed by atoms with Gasteiger partial charge in [-0.2, -0.15) is 0 Å². The van der Waals surface area contributed by atoms with Gasteiger partial charge < -0.3 is 0 Å². The summed E-state index contributed by atoms with van der Waals surface area (Å²) in [6.07, 6.45) is 9.98. The molecule has 0 aliphatic heterocycles. The molecule has 1 atom stereocenters.